The van der Waals surface area contributed by atoms with Crippen LogP contribution in [0.3, 0.4) is 0 Å². The van der Waals surface area contributed by atoms with Gasteiger partial charge in [0.25, 0.3) is 0 Å². The number of carbonyl (C=O) groups is 1. The highest BCUT2D eigenvalue weighted by Gasteiger charge is 2.17. The molecule has 8 nitrogen and oxygen atoms in total. The topological polar surface area (TPSA) is 99.9 Å². The van der Waals surface area contributed by atoms with E-state index in [2.05, 4.69) is 5.32 Å². The first-order valence-electron chi connectivity index (χ1n) is 6.71. The van der Waals surface area contributed by atoms with Gasteiger partial charge in [-0.05, 0) is 23.8 Å². The van der Waals surface area contributed by atoms with Crippen molar-refractivity contribution in [1.29, 1.82) is 0 Å². The minimum atomic E-state index is -0.781. The van der Waals surface area contributed by atoms with Gasteiger partial charge in [0.05, 0.1) is 4.92 Å². The molecular weight excluding hydrogens is 304 g/mol. The molecule has 0 saturated carbocycles. The summed E-state index contributed by atoms with van der Waals surface area (Å²) in [7, 11) is 0. The van der Waals surface area contributed by atoms with E-state index in [1.807, 2.05) is 0 Å². The van der Waals surface area contributed by atoms with E-state index in [1.54, 1.807) is 24.3 Å². The standard InChI is InChI=1S/C15H12N2O6/c18-15(23-12-4-2-1-3-11(12)17(19)20)16-8-10-5-6-13-14(7-10)22-9-21-13/h1-7H,8-9H2,(H,16,18). The van der Waals surface area contributed by atoms with Crippen molar-refractivity contribution in [3.8, 4) is 17.2 Å². The fraction of sp³-hybridized carbons (Fsp3) is 0.133. The van der Waals surface area contributed by atoms with Crippen LogP contribution in [-0.2, 0) is 6.54 Å². The van der Waals surface area contributed by atoms with Crippen molar-refractivity contribution in [2.75, 3.05) is 6.79 Å². The summed E-state index contributed by atoms with van der Waals surface area (Å²) in [6.45, 7) is 0.363. The van der Waals surface area contributed by atoms with Gasteiger partial charge in [-0.2, -0.15) is 0 Å². The monoisotopic (exact) mass is 316 g/mol. The second-order valence-corrected chi connectivity index (χ2v) is 4.66. The van der Waals surface area contributed by atoms with Gasteiger partial charge < -0.3 is 19.5 Å². The van der Waals surface area contributed by atoms with Gasteiger partial charge in [-0.15, -0.1) is 0 Å². The van der Waals surface area contributed by atoms with Crippen LogP contribution in [0.4, 0.5) is 10.5 Å². The number of hydrogen-bond acceptors (Lipinski definition) is 6. The quantitative estimate of drug-likeness (QED) is 0.687. The number of hydrogen-bond donors (Lipinski definition) is 1. The van der Waals surface area contributed by atoms with Crippen molar-refractivity contribution in [3.63, 3.8) is 0 Å². The molecule has 8 heteroatoms. The van der Waals surface area contributed by atoms with Crippen molar-refractivity contribution in [2.24, 2.45) is 0 Å². The summed E-state index contributed by atoms with van der Waals surface area (Å²) < 4.78 is 15.4. The van der Waals surface area contributed by atoms with Crippen molar-refractivity contribution < 1.29 is 23.9 Å². The van der Waals surface area contributed by atoms with Crippen molar-refractivity contribution >= 4 is 11.8 Å². The number of amides is 1. The number of benzene rings is 2. The van der Waals surface area contributed by atoms with Gasteiger partial charge in [-0.3, -0.25) is 10.1 Å². The van der Waals surface area contributed by atoms with E-state index in [9.17, 15) is 14.9 Å². The molecule has 1 aliphatic rings. The molecule has 0 spiro atoms. The zero-order chi connectivity index (χ0) is 16.2. The van der Waals surface area contributed by atoms with E-state index in [0.29, 0.717) is 11.5 Å². The molecule has 1 amide bonds. The first-order valence-corrected chi connectivity index (χ1v) is 6.71. The van der Waals surface area contributed by atoms with Gasteiger partial charge in [0.15, 0.2) is 11.5 Å². The molecule has 0 radical (unpaired) electrons. The minimum absolute atomic E-state index is 0.110. The number of ether oxygens (including phenoxy) is 3. The molecule has 0 unspecified atom stereocenters. The molecule has 0 saturated heterocycles. The van der Waals surface area contributed by atoms with E-state index in [-0.39, 0.29) is 24.8 Å². The molecule has 0 aliphatic carbocycles. The van der Waals surface area contributed by atoms with Crippen LogP contribution < -0.4 is 19.5 Å². The average molecular weight is 316 g/mol. The van der Waals surface area contributed by atoms with Gasteiger partial charge >= 0.3 is 11.8 Å². The fourth-order valence-corrected chi connectivity index (χ4v) is 2.06. The van der Waals surface area contributed by atoms with Crippen LogP contribution in [0.1, 0.15) is 5.56 Å². The maximum Gasteiger partial charge on any atom is 0.413 e. The molecule has 0 aromatic heterocycles. The summed E-state index contributed by atoms with van der Waals surface area (Å²) in [5.41, 5.74) is 0.513. The smallest absolute Gasteiger partial charge is 0.413 e. The number of nitrogens with one attached hydrogen (secondary N) is 1. The summed E-state index contributed by atoms with van der Waals surface area (Å²) in [5.74, 6) is 1.15. The van der Waals surface area contributed by atoms with Crippen molar-refractivity contribution in [3.05, 3.63) is 58.1 Å². The van der Waals surface area contributed by atoms with E-state index >= 15 is 0 Å². The molecule has 1 N–H and O–H groups in total. The van der Waals surface area contributed by atoms with Gasteiger partial charge in [0, 0.05) is 12.6 Å². The summed E-state index contributed by atoms with van der Waals surface area (Å²) in [5, 5.41) is 13.4. The Hall–Kier alpha value is -3.29. The zero-order valence-electron chi connectivity index (χ0n) is 11.9. The van der Waals surface area contributed by atoms with Gasteiger partial charge in [0.2, 0.25) is 12.5 Å². The lowest BCUT2D eigenvalue weighted by atomic mass is 10.2. The molecule has 1 heterocycles. The predicted octanol–water partition coefficient (Wildman–Crippen LogP) is 2.61. The maximum atomic E-state index is 11.8. The molecule has 0 fully saturated rings. The summed E-state index contributed by atoms with van der Waals surface area (Å²) in [4.78, 5) is 22.0. The van der Waals surface area contributed by atoms with Crippen molar-refractivity contribution in [1.82, 2.24) is 5.32 Å². The van der Waals surface area contributed by atoms with Crippen LogP contribution in [0.15, 0.2) is 42.5 Å². The third-order valence-corrected chi connectivity index (χ3v) is 3.14. The van der Waals surface area contributed by atoms with Crippen LogP contribution in [0.2, 0.25) is 0 Å². The van der Waals surface area contributed by atoms with Crippen LogP contribution in [0.25, 0.3) is 0 Å². The van der Waals surface area contributed by atoms with Crippen LogP contribution in [0, 0.1) is 10.1 Å². The Bertz CT molecular complexity index is 761. The van der Waals surface area contributed by atoms with E-state index in [0.717, 1.165) is 5.56 Å². The number of carbonyl (C=O) groups excluding carboxylic acids is 1. The second kappa shape index (κ2) is 6.22. The Kier molecular flexibility index (Phi) is 3.96. The van der Waals surface area contributed by atoms with Gasteiger partial charge in [-0.25, -0.2) is 4.79 Å². The number of rotatable bonds is 4. The van der Waals surface area contributed by atoms with Gasteiger partial charge in [-0.1, -0.05) is 18.2 Å². The van der Waals surface area contributed by atoms with E-state index in [4.69, 9.17) is 14.2 Å². The largest absolute Gasteiger partial charge is 0.454 e. The minimum Gasteiger partial charge on any atom is -0.454 e. The summed E-state index contributed by atoms with van der Waals surface area (Å²) in [6.07, 6.45) is -0.781. The Morgan fingerprint density at radius 2 is 2.00 bits per heavy atom. The van der Waals surface area contributed by atoms with E-state index < -0.39 is 11.0 Å². The number of para-hydroxylation sites is 2. The Morgan fingerprint density at radius 1 is 1.22 bits per heavy atom. The van der Waals surface area contributed by atoms with E-state index in [1.165, 1.54) is 18.2 Å². The lowest BCUT2D eigenvalue weighted by Gasteiger charge is -2.07. The molecule has 3 rings (SSSR count). The highest BCUT2D eigenvalue weighted by atomic mass is 16.7. The normalized spacial score (nSPS) is 11.8. The molecular formula is C15H12N2O6. The molecule has 0 atom stereocenters. The zero-order valence-corrected chi connectivity index (χ0v) is 11.9. The summed E-state index contributed by atoms with van der Waals surface area (Å²) >= 11 is 0. The number of nitro groups is 1. The lowest BCUT2D eigenvalue weighted by Crippen LogP contribution is -2.26. The Morgan fingerprint density at radius 3 is 2.83 bits per heavy atom. The number of nitrogens with zero attached hydrogens (tertiary/aromatic N) is 1. The first kappa shape index (κ1) is 14.6. The fourth-order valence-electron chi connectivity index (χ4n) is 2.06. The third kappa shape index (κ3) is 3.31. The SMILES string of the molecule is O=C(NCc1ccc2c(c1)OCO2)Oc1ccccc1[N+](=O)[O-]. The van der Waals surface area contributed by atoms with Crippen molar-refractivity contribution in [2.45, 2.75) is 6.54 Å². The maximum absolute atomic E-state index is 11.8. The Balaban J connectivity index is 1.61. The second-order valence-electron chi connectivity index (χ2n) is 4.66. The number of nitro benzene ring substituents is 1. The average Bonchev–Trinajstić information content (AvgIpc) is 3.01. The first-order chi connectivity index (χ1) is 11.1. The van der Waals surface area contributed by atoms with Crippen LogP contribution in [-0.4, -0.2) is 17.8 Å². The third-order valence-electron chi connectivity index (χ3n) is 3.14. The molecule has 118 valence electrons. The van der Waals surface area contributed by atoms with Crippen LogP contribution in [0.5, 0.6) is 17.2 Å². The van der Waals surface area contributed by atoms with Crippen LogP contribution >= 0.6 is 0 Å². The Labute approximate surface area is 130 Å². The molecule has 0 bridgehead atoms. The van der Waals surface area contributed by atoms with Gasteiger partial charge in [0.1, 0.15) is 0 Å². The number of fused-ring (bicyclic) bond motifs is 1. The highest BCUT2D eigenvalue weighted by Crippen LogP contribution is 2.32. The summed E-state index contributed by atoms with van der Waals surface area (Å²) in [6, 6.07) is 10.9. The molecule has 23 heavy (non-hydrogen) atoms. The molecule has 2 aromatic rings. The highest BCUT2D eigenvalue weighted by molar-refractivity contribution is 5.72. The predicted molar refractivity (Wildman–Crippen MR) is 78.5 cm³/mol. The molecule has 1 aliphatic heterocycles. The lowest BCUT2D eigenvalue weighted by molar-refractivity contribution is -0.385. The molecule has 2 aromatic carbocycles.